The van der Waals surface area contributed by atoms with Gasteiger partial charge in [0.15, 0.2) is 0 Å². The molecule has 0 saturated carbocycles. The molecule has 0 atom stereocenters. The molecule has 106 valence electrons. The van der Waals surface area contributed by atoms with E-state index in [-0.39, 0.29) is 12.3 Å². The van der Waals surface area contributed by atoms with Crippen molar-refractivity contribution in [2.24, 2.45) is 0 Å². The van der Waals surface area contributed by atoms with E-state index in [9.17, 15) is 8.42 Å². The highest BCUT2D eigenvalue weighted by Crippen LogP contribution is 2.23. The molecule has 0 spiro atoms. The first-order valence-corrected chi connectivity index (χ1v) is 8.17. The summed E-state index contributed by atoms with van der Waals surface area (Å²) in [5, 5.41) is 0.742. The number of benzene rings is 1. The van der Waals surface area contributed by atoms with E-state index < -0.39 is 10.0 Å². The van der Waals surface area contributed by atoms with Gasteiger partial charge in [-0.3, -0.25) is 4.98 Å². The van der Waals surface area contributed by atoms with E-state index in [4.69, 9.17) is 23.2 Å². The van der Waals surface area contributed by atoms with Crippen LogP contribution in [0.1, 0.15) is 11.1 Å². The minimum atomic E-state index is -3.43. The van der Waals surface area contributed by atoms with Crippen LogP contribution in [0.3, 0.4) is 0 Å². The average Bonchev–Trinajstić information content (AvgIpc) is 2.42. The molecule has 0 amide bonds. The number of nitrogens with zero attached hydrogens (tertiary/aromatic N) is 1. The van der Waals surface area contributed by atoms with Gasteiger partial charge in [-0.15, -0.1) is 0 Å². The molecule has 20 heavy (non-hydrogen) atoms. The Balaban J connectivity index is 2.02. The van der Waals surface area contributed by atoms with E-state index >= 15 is 0 Å². The van der Waals surface area contributed by atoms with E-state index in [0.717, 1.165) is 5.56 Å². The van der Waals surface area contributed by atoms with Crippen molar-refractivity contribution < 1.29 is 8.42 Å². The molecule has 0 saturated heterocycles. The summed E-state index contributed by atoms with van der Waals surface area (Å²) in [5.74, 6) is -0.144. The molecule has 1 aromatic carbocycles. The summed E-state index contributed by atoms with van der Waals surface area (Å²) in [6.07, 6.45) is 3.23. The van der Waals surface area contributed by atoms with E-state index in [2.05, 4.69) is 9.71 Å². The fraction of sp³-hybridized carbons (Fsp3) is 0.154. The van der Waals surface area contributed by atoms with Gasteiger partial charge in [0.1, 0.15) is 0 Å². The quantitative estimate of drug-likeness (QED) is 0.916. The predicted octanol–water partition coefficient (Wildman–Crippen LogP) is 3.01. The first-order valence-electron chi connectivity index (χ1n) is 5.76. The van der Waals surface area contributed by atoms with E-state index in [1.165, 1.54) is 0 Å². The maximum Gasteiger partial charge on any atom is 0.216 e. The molecule has 7 heteroatoms. The van der Waals surface area contributed by atoms with Gasteiger partial charge in [-0.25, -0.2) is 13.1 Å². The normalized spacial score (nSPS) is 11.5. The van der Waals surface area contributed by atoms with Crippen molar-refractivity contribution in [3.8, 4) is 0 Å². The number of sulfonamides is 1. The maximum absolute atomic E-state index is 12.0. The van der Waals surface area contributed by atoms with Crippen LogP contribution in [0.5, 0.6) is 0 Å². The fourth-order valence-electron chi connectivity index (χ4n) is 1.59. The Labute approximate surface area is 127 Å². The number of hydrogen-bond donors (Lipinski definition) is 1. The third-order valence-corrected chi connectivity index (χ3v) is 4.62. The summed E-state index contributed by atoms with van der Waals surface area (Å²) < 4.78 is 26.5. The molecule has 0 bridgehead atoms. The third kappa shape index (κ3) is 4.45. The molecule has 4 nitrogen and oxygen atoms in total. The molecule has 0 unspecified atom stereocenters. The number of halogens is 2. The van der Waals surface area contributed by atoms with Gasteiger partial charge in [-0.2, -0.15) is 0 Å². The Hall–Kier alpha value is -1.14. The SMILES string of the molecule is O=S(=O)(Cc1ccc(Cl)c(Cl)c1)NCc1ccncc1. The lowest BCUT2D eigenvalue weighted by atomic mass is 10.2. The van der Waals surface area contributed by atoms with Gasteiger partial charge in [0.05, 0.1) is 15.8 Å². The third-order valence-electron chi connectivity index (χ3n) is 2.59. The Bertz CT molecular complexity index is 691. The van der Waals surface area contributed by atoms with Crippen LogP contribution in [0, 0.1) is 0 Å². The molecular weight excluding hydrogens is 319 g/mol. The summed E-state index contributed by atoms with van der Waals surface area (Å²) >= 11 is 11.7. The van der Waals surface area contributed by atoms with Crippen molar-refractivity contribution in [1.29, 1.82) is 0 Å². The molecule has 0 aliphatic heterocycles. The van der Waals surface area contributed by atoms with Crippen molar-refractivity contribution in [3.63, 3.8) is 0 Å². The molecule has 1 N–H and O–H groups in total. The lowest BCUT2D eigenvalue weighted by Crippen LogP contribution is -2.24. The second-order valence-corrected chi connectivity index (χ2v) is 6.81. The van der Waals surface area contributed by atoms with Crippen LogP contribution in [-0.2, 0) is 22.3 Å². The fourth-order valence-corrected chi connectivity index (χ4v) is 3.02. The van der Waals surface area contributed by atoms with E-state index in [0.29, 0.717) is 15.6 Å². The smallest absolute Gasteiger partial charge is 0.216 e. The van der Waals surface area contributed by atoms with Crippen LogP contribution < -0.4 is 4.72 Å². The monoisotopic (exact) mass is 330 g/mol. The first-order chi connectivity index (χ1) is 9.46. The number of nitrogens with one attached hydrogen (secondary N) is 1. The molecule has 1 aromatic heterocycles. The minimum Gasteiger partial charge on any atom is -0.265 e. The Morgan fingerprint density at radius 2 is 1.70 bits per heavy atom. The molecule has 2 rings (SSSR count). The highest BCUT2D eigenvalue weighted by atomic mass is 35.5. The van der Waals surface area contributed by atoms with Crippen LogP contribution in [0.2, 0.25) is 10.0 Å². The summed E-state index contributed by atoms with van der Waals surface area (Å²) in [6, 6.07) is 8.27. The van der Waals surface area contributed by atoms with Crippen molar-refractivity contribution in [2.75, 3.05) is 0 Å². The van der Waals surface area contributed by atoms with Gasteiger partial charge in [0, 0.05) is 18.9 Å². The van der Waals surface area contributed by atoms with Crippen LogP contribution in [-0.4, -0.2) is 13.4 Å². The first kappa shape index (κ1) is 15.3. The van der Waals surface area contributed by atoms with Gasteiger partial charge in [-0.05, 0) is 35.4 Å². The maximum atomic E-state index is 12.0. The highest BCUT2D eigenvalue weighted by molar-refractivity contribution is 7.88. The second kappa shape index (κ2) is 6.54. The summed E-state index contributed by atoms with van der Waals surface area (Å²) in [5.41, 5.74) is 1.43. The standard InChI is InChI=1S/C13H12Cl2N2O2S/c14-12-2-1-11(7-13(12)15)9-20(18,19)17-8-10-3-5-16-6-4-10/h1-7,17H,8-9H2. The van der Waals surface area contributed by atoms with Crippen LogP contribution in [0.25, 0.3) is 0 Å². The largest absolute Gasteiger partial charge is 0.265 e. The van der Waals surface area contributed by atoms with E-state index in [1.807, 2.05) is 0 Å². The summed E-state index contributed by atoms with van der Waals surface area (Å²) in [6.45, 7) is 0.228. The molecule has 1 heterocycles. The van der Waals surface area contributed by atoms with Gasteiger partial charge in [-0.1, -0.05) is 29.3 Å². The van der Waals surface area contributed by atoms with Crippen molar-refractivity contribution in [2.45, 2.75) is 12.3 Å². The molecular formula is C13H12Cl2N2O2S. The molecule has 0 radical (unpaired) electrons. The molecule has 2 aromatic rings. The predicted molar refractivity (Wildman–Crippen MR) is 80.2 cm³/mol. The Kier molecular flexibility index (Phi) is 4.99. The lowest BCUT2D eigenvalue weighted by molar-refractivity contribution is 0.580. The zero-order chi connectivity index (χ0) is 14.6. The van der Waals surface area contributed by atoms with Crippen LogP contribution in [0.15, 0.2) is 42.7 Å². The number of rotatable bonds is 5. The average molecular weight is 331 g/mol. The van der Waals surface area contributed by atoms with Gasteiger partial charge in [0.25, 0.3) is 0 Å². The lowest BCUT2D eigenvalue weighted by Gasteiger charge is -2.07. The highest BCUT2D eigenvalue weighted by Gasteiger charge is 2.12. The number of pyridine rings is 1. The van der Waals surface area contributed by atoms with Crippen molar-refractivity contribution in [3.05, 3.63) is 63.9 Å². The zero-order valence-corrected chi connectivity index (χ0v) is 12.7. The summed E-state index contributed by atoms with van der Waals surface area (Å²) in [7, 11) is -3.43. The molecule has 0 aliphatic rings. The van der Waals surface area contributed by atoms with Gasteiger partial charge >= 0.3 is 0 Å². The second-order valence-electron chi connectivity index (χ2n) is 4.18. The van der Waals surface area contributed by atoms with Crippen molar-refractivity contribution >= 4 is 33.2 Å². The topological polar surface area (TPSA) is 59.1 Å². The van der Waals surface area contributed by atoms with Gasteiger partial charge in [0.2, 0.25) is 10.0 Å². The molecule has 0 aliphatic carbocycles. The van der Waals surface area contributed by atoms with E-state index in [1.54, 1.807) is 42.7 Å². The molecule has 0 fully saturated rings. The number of aromatic nitrogens is 1. The summed E-state index contributed by atoms with van der Waals surface area (Å²) in [4.78, 5) is 3.87. The van der Waals surface area contributed by atoms with Crippen LogP contribution >= 0.6 is 23.2 Å². The van der Waals surface area contributed by atoms with Gasteiger partial charge < -0.3 is 0 Å². The Morgan fingerprint density at radius 1 is 1.00 bits per heavy atom. The van der Waals surface area contributed by atoms with Crippen LogP contribution in [0.4, 0.5) is 0 Å². The Morgan fingerprint density at radius 3 is 2.35 bits per heavy atom. The number of hydrogen-bond acceptors (Lipinski definition) is 3. The van der Waals surface area contributed by atoms with Crippen molar-refractivity contribution in [1.82, 2.24) is 9.71 Å². The zero-order valence-electron chi connectivity index (χ0n) is 10.4. The minimum absolute atomic E-state index is 0.144.